The second-order valence-corrected chi connectivity index (χ2v) is 5.76. The summed E-state index contributed by atoms with van der Waals surface area (Å²) >= 11 is 0. The number of piperazine rings is 1. The van der Waals surface area contributed by atoms with Gasteiger partial charge in [-0.15, -0.1) is 0 Å². The van der Waals surface area contributed by atoms with Crippen LogP contribution < -0.4 is 10.2 Å². The number of carbonyl (C=O) groups is 1. The molecule has 8 nitrogen and oxygen atoms in total. The summed E-state index contributed by atoms with van der Waals surface area (Å²) in [7, 11) is 0. The molecule has 1 amide bonds. The Morgan fingerprint density at radius 1 is 1.29 bits per heavy atom. The standard InChI is InChI=1S/C16H22N6O2/c1-3-17-16(23)13-4-5-15(18-10-13)22-8-6-21(7-9-22)11-14-19-12(2)24-20-14/h4-5,10H,3,6-9,11H2,1-2H3,(H,17,23). The Hall–Kier alpha value is -2.48. The summed E-state index contributed by atoms with van der Waals surface area (Å²) in [4.78, 5) is 24.9. The quantitative estimate of drug-likeness (QED) is 0.869. The molecule has 128 valence electrons. The predicted molar refractivity (Wildman–Crippen MR) is 88.8 cm³/mol. The van der Waals surface area contributed by atoms with E-state index in [0.717, 1.165) is 37.8 Å². The summed E-state index contributed by atoms with van der Waals surface area (Å²) in [6.07, 6.45) is 1.63. The fraction of sp³-hybridized carbons (Fsp3) is 0.500. The Balaban J connectivity index is 1.53. The summed E-state index contributed by atoms with van der Waals surface area (Å²) in [6.45, 7) is 8.59. The maximum atomic E-state index is 11.8. The van der Waals surface area contributed by atoms with Crippen molar-refractivity contribution in [1.82, 2.24) is 25.3 Å². The molecular formula is C16H22N6O2. The molecule has 0 aromatic carbocycles. The second kappa shape index (κ2) is 7.39. The number of aryl methyl sites for hydroxylation is 1. The van der Waals surface area contributed by atoms with E-state index >= 15 is 0 Å². The van der Waals surface area contributed by atoms with Crippen molar-refractivity contribution in [1.29, 1.82) is 0 Å². The third kappa shape index (κ3) is 3.88. The first-order valence-electron chi connectivity index (χ1n) is 8.16. The maximum absolute atomic E-state index is 11.8. The fourth-order valence-electron chi connectivity index (χ4n) is 2.71. The molecule has 2 aromatic rings. The molecule has 8 heteroatoms. The summed E-state index contributed by atoms with van der Waals surface area (Å²) < 4.78 is 5.00. The number of nitrogens with one attached hydrogen (secondary N) is 1. The smallest absolute Gasteiger partial charge is 0.252 e. The zero-order valence-corrected chi connectivity index (χ0v) is 14.0. The molecule has 1 aliphatic heterocycles. The van der Waals surface area contributed by atoms with Crippen LogP contribution in [-0.2, 0) is 6.54 Å². The van der Waals surface area contributed by atoms with Crippen molar-refractivity contribution in [3.05, 3.63) is 35.6 Å². The highest BCUT2D eigenvalue weighted by atomic mass is 16.5. The number of amides is 1. The lowest BCUT2D eigenvalue weighted by Gasteiger charge is -2.34. The zero-order chi connectivity index (χ0) is 16.9. The highest BCUT2D eigenvalue weighted by molar-refractivity contribution is 5.93. The average molecular weight is 330 g/mol. The van der Waals surface area contributed by atoms with Crippen LogP contribution in [0, 0.1) is 6.92 Å². The molecule has 3 heterocycles. The summed E-state index contributed by atoms with van der Waals surface area (Å²) in [6, 6.07) is 3.73. The van der Waals surface area contributed by atoms with Gasteiger partial charge in [0.05, 0.1) is 12.1 Å². The van der Waals surface area contributed by atoms with Crippen LogP contribution in [0.5, 0.6) is 0 Å². The van der Waals surface area contributed by atoms with Gasteiger partial charge in [0, 0.05) is 45.8 Å². The van der Waals surface area contributed by atoms with Crippen molar-refractivity contribution in [2.45, 2.75) is 20.4 Å². The Morgan fingerprint density at radius 3 is 2.67 bits per heavy atom. The Bertz CT molecular complexity index is 676. The predicted octanol–water partition coefficient (Wildman–Crippen LogP) is 0.845. The molecule has 1 fully saturated rings. The summed E-state index contributed by atoms with van der Waals surface area (Å²) in [5.41, 5.74) is 0.590. The number of rotatable bonds is 5. The van der Waals surface area contributed by atoms with Gasteiger partial charge in [0.25, 0.3) is 5.91 Å². The molecule has 0 aliphatic carbocycles. The van der Waals surface area contributed by atoms with Crippen LogP contribution in [0.15, 0.2) is 22.9 Å². The monoisotopic (exact) mass is 330 g/mol. The SMILES string of the molecule is CCNC(=O)c1ccc(N2CCN(Cc3noc(C)n3)CC2)nc1. The molecular weight excluding hydrogens is 308 g/mol. The van der Waals surface area contributed by atoms with Crippen LogP contribution in [0.1, 0.15) is 29.0 Å². The largest absolute Gasteiger partial charge is 0.354 e. The third-order valence-electron chi connectivity index (χ3n) is 3.98. The lowest BCUT2D eigenvalue weighted by Crippen LogP contribution is -2.46. The van der Waals surface area contributed by atoms with E-state index in [9.17, 15) is 4.79 Å². The molecule has 1 aliphatic rings. The number of hydrogen-bond donors (Lipinski definition) is 1. The fourth-order valence-corrected chi connectivity index (χ4v) is 2.71. The van der Waals surface area contributed by atoms with Gasteiger partial charge < -0.3 is 14.7 Å². The van der Waals surface area contributed by atoms with E-state index in [4.69, 9.17) is 4.52 Å². The van der Waals surface area contributed by atoms with Crippen molar-refractivity contribution in [2.75, 3.05) is 37.6 Å². The normalized spacial score (nSPS) is 15.5. The first-order chi connectivity index (χ1) is 11.7. The molecule has 3 rings (SSSR count). The maximum Gasteiger partial charge on any atom is 0.252 e. The summed E-state index contributed by atoms with van der Waals surface area (Å²) in [5.74, 6) is 2.14. The topological polar surface area (TPSA) is 87.4 Å². The van der Waals surface area contributed by atoms with Crippen molar-refractivity contribution >= 4 is 11.7 Å². The van der Waals surface area contributed by atoms with Crippen molar-refractivity contribution in [3.63, 3.8) is 0 Å². The minimum absolute atomic E-state index is 0.0863. The number of anilines is 1. The summed E-state index contributed by atoms with van der Waals surface area (Å²) in [5, 5.41) is 6.71. The highest BCUT2D eigenvalue weighted by Gasteiger charge is 2.19. The van der Waals surface area contributed by atoms with Crippen LogP contribution in [0.2, 0.25) is 0 Å². The number of carbonyl (C=O) groups excluding carboxylic acids is 1. The zero-order valence-electron chi connectivity index (χ0n) is 14.0. The van der Waals surface area contributed by atoms with Gasteiger partial charge in [-0.25, -0.2) is 4.98 Å². The Labute approximate surface area is 140 Å². The van der Waals surface area contributed by atoms with Crippen molar-refractivity contribution in [3.8, 4) is 0 Å². The van der Waals surface area contributed by atoms with Crippen LogP contribution in [-0.4, -0.2) is 58.7 Å². The second-order valence-electron chi connectivity index (χ2n) is 5.76. The van der Waals surface area contributed by atoms with Crippen molar-refractivity contribution in [2.24, 2.45) is 0 Å². The van der Waals surface area contributed by atoms with Crippen LogP contribution in [0.25, 0.3) is 0 Å². The number of hydrogen-bond acceptors (Lipinski definition) is 7. The Kier molecular flexibility index (Phi) is 5.05. The number of pyridine rings is 1. The molecule has 0 unspecified atom stereocenters. The van der Waals surface area contributed by atoms with Gasteiger partial charge in [0.15, 0.2) is 5.82 Å². The first kappa shape index (κ1) is 16.4. The van der Waals surface area contributed by atoms with E-state index in [0.29, 0.717) is 24.5 Å². The molecule has 0 spiro atoms. The van der Waals surface area contributed by atoms with Gasteiger partial charge in [-0.2, -0.15) is 4.98 Å². The third-order valence-corrected chi connectivity index (χ3v) is 3.98. The minimum atomic E-state index is -0.0863. The highest BCUT2D eigenvalue weighted by Crippen LogP contribution is 2.15. The lowest BCUT2D eigenvalue weighted by atomic mass is 10.2. The Morgan fingerprint density at radius 2 is 2.08 bits per heavy atom. The number of aromatic nitrogens is 3. The van der Waals surface area contributed by atoms with Crippen LogP contribution in [0.4, 0.5) is 5.82 Å². The van der Waals surface area contributed by atoms with Crippen molar-refractivity contribution < 1.29 is 9.32 Å². The van der Waals surface area contributed by atoms with Gasteiger partial charge in [-0.1, -0.05) is 5.16 Å². The number of nitrogens with zero attached hydrogens (tertiary/aromatic N) is 5. The molecule has 24 heavy (non-hydrogen) atoms. The molecule has 0 radical (unpaired) electrons. The van der Waals surface area contributed by atoms with Crippen LogP contribution in [0.3, 0.4) is 0 Å². The minimum Gasteiger partial charge on any atom is -0.354 e. The van der Waals surface area contributed by atoms with Gasteiger partial charge in [-0.3, -0.25) is 9.69 Å². The molecule has 1 N–H and O–H groups in total. The van der Waals surface area contributed by atoms with E-state index < -0.39 is 0 Å². The van der Waals surface area contributed by atoms with Gasteiger partial charge in [-0.05, 0) is 19.1 Å². The van der Waals surface area contributed by atoms with E-state index in [1.165, 1.54) is 0 Å². The molecule has 0 bridgehead atoms. The van der Waals surface area contributed by atoms with E-state index in [1.807, 2.05) is 19.1 Å². The molecule has 2 aromatic heterocycles. The molecule has 1 saturated heterocycles. The average Bonchev–Trinajstić information content (AvgIpc) is 3.01. The van der Waals surface area contributed by atoms with E-state index in [1.54, 1.807) is 13.1 Å². The first-order valence-corrected chi connectivity index (χ1v) is 8.16. The van der Waals surface area contributed by atoms with Crippen LogP contribution >= 0.6 is 0 Å². The molecule has 0 atom stereocenters. The van der Waals surface area contributed by atoms with Gasteiger partial charge in [0.2, 0.25) is 5.89 Å². The van der Waals surface area contributed by atoms with Gasteiger partial charge >= 0.3 is 0 Å². The van der Waals surface area contributed by atoms with Gasteiger partial charge in [0.1, 0.15) is 5.82 Å². The van der Waals surface area contributed by atoms with E-state index in [-0.39, 0.29) is 5.91 Å². The molecule has 0 saturated carbocycles. The lowest BCUT2D eigenvalue weighted by molar-refractivity contribution is 0.0955. The van der Waals surface area contributed by atoms with E-state index in [2.05, 4.69) is 30.2 Å².